The molecule has 10 N–H and O–H groups in total. The smallest absolute Gasteiger partial charge is 0.377 e. The number of unbranched alkanes of at least 4 members (excludes halogenated alkanes) is 1. The molecule has 2 aromatic carbocycles. The number of hydrogen-bond donors (Lipinski definition) is 7. The molecule has 1 aromatic heterocycles. The number of carbonyl (C=O) groups is 1. The van der Waals surface area contributed by atoms with Gasteiger partial charge >= 0.3 is 6.18 Å². The highest BCUT2D eigenvalue weighted by molar-refractivity contribution is 7.77. The predicted molar refractivity (Wildman–Crippen MR) is 172 cm³/mol. The van der Waals surface area contributed by atoms with Gasteiger partial charge in [0.15, 0.2) is 0 Å². The fraction of sp³-hybridized carbons (Fsp3) is 0.467. The number of rotatable bonds is 20. The Morgan fingerprint density at radius 1 is 1.07 bits per heavy atom. The van der Waals surface area contributed by atoms with E-state index in [9.17, 15) is 27.3 Å². The third kappa shape index (κ3) is 12.3. The van der Waals surface area contributed by atoms with Crippen LogP contribution in [0.3, 0.4) is 0 Å². The third-order valence-electron chi connectivity index (χ3n) is 7.04. The summed E-state index contributed by atoms with van der Waals surface area (Å²) >= 11 is -1.66. The molecule has 2 unspecified atom stereocenters. The Balaban J connectivity index is 1.53. The molecule has 0 spiro atoms. The van der Waals surface area contributed by atoms with E-state index in [0.717, 1.165) is 23.0 Å². The van der Waals surface area contributed by atoms with Crippen LogP contribution in [-0.4, -0.2) is 82.3 Å². The van der Waals surface area contributed by atoms with Gasteiger partial charge in [0.05, 0.1) is 29.0 Å². The van der Waals surface area contributed by atoms with Crippen molar-refractivity contribution in [1.29, 1.82) is 0 Å². The zero-order valence-corrected chi connectivity index (χ0v) is 26.2. The second-order valence-corrected chi connectivity index (χ2v) is 11.8. The molecule has 0 radical (unpaired) electrons. The summed E-state index contributed by atoms with van der Waals surface area (Å²) in [5.41, 5.74) is 18.1. The SMILES string of the molecule is NCCN(CCN)S(=O)OCNCCCC[C@H](N)C(O)N[C@H](Cc1ccc(C(F)(F)F)cc1)C(=O)Nc1cnc2ccccc2c1. The van der Waals surface area contributed by atoms with E-state index >= 15 is 0 Å². The van der Waals surface area contributed by atoms with Gasteiger partial charge in [-0.25, -0.2) is 4.21 Å². The molecule has 0 bridgehead atoms. The molecule has 254 valence electrons. The number of alkyl halides is 3. The zero-order valence-electron chi connectivity index (χ0n) is 25.4. The maximum atomic E-state index is 13.4. The van der Waals surface area contributed by atoms with Crippen molar-refractivity contribution in [2.45, 2.75) is 50.2 Å². The van der Waals surface area contributed by atoms with Crippen LogP contribution in [0.1, 0.15) is 30.4 Å². The molecule has 0 saturated heterocycles. The number of nitrogens with zero attached hydrogens (tertiary/aromatic N) is 2. The average molecular weight is 669 g/mol. The zero-order chi connectivity index (χ0) is 33.5. The first-order chi connectivity index (χ1) is 22.0. The molecular formula is C30H43F3N8O4S. The number of fused-ring (bicyclic) bond motifs is 1. The number of aliphatic hydroxyl groups is 1. The summed E-state index contributed by atoms with van der Waals surface area (Å²) in [6.07, 6.45) is -2.56. The molecule has 3 aromatic rings. The van der Waals surface area contributed by atoms with E-state index < -0.39 is 47.2 Å². The lowest BCUT2D eigenvalue weighted by atomic mass is 10.0. The highest BCUT2D eigenvalue weighted by atomic mass is 32.2. The molecule has 1 amide bonds. The van der Waals surface area contributed by atoms with Crippen LogP contribution >= 0.6 is 0 Å². The van der Waals surface area contributed by atoms with Crippen molar-refractivity contribution in [2.24, 2.45) is 17.2 Å². The van der Waals surface area contributed by atoms with E-state index in [0.29, 0.717) is 63.2 Å². The molecule has 0 fully saturated rings. The Morgan fingerprint density at radius 2 is 1.76 bits per heavy atom. The lowest BCUT2D eigenvalue weighted by Gasteiger charge is -2.26. The van der Waals surface area contributed by atoms with Gasteiger partial charge in [0, 0.05) is 37.6 Å². The predicted octanol–water partition coefficient (Wildman–Crippen LogP) is 1.57. The fourth-order valence-corrected chi connectivity index (χ4v) is 5.41. The molecule has 4 atom stereocenters. The molecule has 3 rings (SSSR count). The average Bonchev–Trinajstić information content (AvgIpc) is 3.03. The van der Waals surface area contributed by atoms with Crippen molar-refractivity contribution < 1.29 is 31.5 Å². The topological polar surface area (TPSA) is 194 Å². The Hall–Kier alpha value is -3.06. The van der Waals surface area contributed by atoms with Crippen molar-refractivity contribution >= 4 is 33.8 Å². The highest BCUT2D eigenvalue weighted by Gasteiger charge is 2.30. The second kappa shape index (κ2) is 18.9. The van der Waals surface area contributed by atoms with Crippen LogP contribution in [0.4, 0.5) is 18.9 Å². The molecule has 16 heteroatoms. The number of pyridine rings is 1. The Kier molecular flexibility index (Phi) is 15.4. The maximum absolute atomic E-state index is 13.4. The molecule has 46 heavy (non-hydrogen) atoms. The fourth-order valence-electron chi connectivity index (χ4n) is 4.57. The Labute approximate surface area is 269 Å². The van der Waals surface area contributed by atoms with E-state index in [1.54, 1.807) is 10.4 Å². The van der Waals surface area contributed by atoms with Gasteiger partial charge in [-0.2, -0.15) is 17.5 Å². The number of amides is 1. The van der Waals surface area contributed by atoms with Gasteiger partial charge in [0.25, 0.3) is 0 Å². The first-order valence-electron chi connectivity index (χ1n) is 14.9. The summed E-state index contributed by atoms with van der Waals surface area (Å²) in [5.74, 6) is -0.513. The summed E-state index contributed by atoms with van der Waals surface area (Å²) < 4.78 is 58.2. The van der Waals surface area contributed by atoms with Gasteiger partial charge in [0.2, 0.25) is 17.2 Å². The van der Waals surface area contributed by atoms with Crippen LogP contribution < -0.4 is 33.2 Å². The van der Waals surface area contributed by atoms with Gasteiger partial charge in [-0.15, -0.1) is 0 Å². The van der Waals surface area contributed by atoms with Gasteiger partial charge in [-0.05, 0) is 55.6 Å². The molecule has 1 heterocycles. The number of carbonyl (C=O) groups excluding carboxylic acids is 1. The Morgan fingerprint density at radius 3 is 2.43 bits per heavy atom. The minimum Gasteiger partial charge on any atom is -0.377 e. The standard InChI is InChI=1S/C30H43F3N8O4S/c31-30(32,33)23-10-8-21(9-11-23)17-27(29(43)39-24-18-22-5-1-2-7-26(22)38-19-24)40-28(42)25(36)6-3-4-14-37-20-45-46(44)41(15-12-34)16-13-35/h1-2,5,7-11,18-19,25,27-28,37,40,42H,3-4,6,12-17,20,34-36H2,(H,39,43)/t25-,27+,28?,46?/m0/s1. The van der Waals surface area contributed by atoms with Gasteiger partial charge in [0.1, 0.15) is 13.0 Å². The normalized spacial score (nSPS) is 14.7. The van der Waals surface area contributed by atoms with Crippen molar-refractivity contribution in [3.63, 3.8) is 0 Å². The number of hydrogen-bond acceptors (Lipinski definition) is 10. The third-order valence-corrected chi connectivity index (χ3v) is 8.15. The van der Waals surface area contributed by atoms with E-state index in [1.165, 1.54) is 18.3 Å². The summed E-state index contributed by atoms with van der Waals surface area (Å²) in [4.78, 5) is 17.7. The van der Waals surface area contributed by atoms with Crippen LogP contribution in [0.25, 0.3) is 10.9 Å². The van der Waals surface area contributed by atoms with E-state index in [1.807, 2.05) is 24.3 Å². The molecule has 0 saturated carbocycles. The number of aliphatic hydroxyl groups excluding tert-OH is 1. The number of nitrogens with two attached hydrogens (primary N) is 3. The molecule has 0 aliphatic heterocycles. The summed E-state index contributed by atoms with van der Waals surface area (Å²) in [6.45, 7) is 2.04. The number of nitrogens with one attached hydrogen (secondary N) is 3. The van der Waals surface area contributed by atoms with Crippen molar-refractivity contribution in [3.8, 4) is 0 Å². The second-order valence-electron chi connectivity index (χ2n) is 10.6. The quantitative estimate of drug-likeness (QED) is 0.0687. The molecule has 12 nitrogen and oxygen atoms in total. The largest absolute Gasteiger partial charge is 0.416 e. The van der Waals surface area contributed by atoms with Gasteiger partial charge < -0.3 is 27.6 Å². The molecular weight excluding hydrogens is 625 g/mol. The number of benzene rings is 2. The maximum Gasteiger partial charge on any atom is 0.416 e. The van der Waals surface area contributed by atoms with Gasteiger partial charge in [-0.1, -0.05) is 36.8 Å². The number of para-hydroxylation sites is 1. The lowest BCUT2D eigenvalue weighted by molar-refractivity contribution is -0.137. The first kappa shape index (κ1) is 37.4. The number of anilines is 1. The molecule has 0 aliphatic carbocycles. The van der Waals surface area contributed by atoms with Crippen molar-refractivity contribution in [1.82, 2.24) is 19.9 Å². The minimum atomic E-state index is -4.49. The van der Waals surface area contributed by atoms with E-state index in [-0.39, 0.29) is 13.2 Å². The van der Waals surface area contributed by atoms with E-state index in [4.69, 9.17) is 21.4 Å². The van der Waals surface area contributed by atoms with Crippen molar-refractivity contribution in [3.05, 3.63) is 71.9 Å². The minimum absolute atomic E-state index is 0.00591. The van der Waals surface area contributed by atoms with Crippen LogP contribution in [0.15, 0.2) is 60.8 Å². The number of aromatic nitrogens is 1. The highest BCUT2D eigenvalue weighted by Crippen LogP contribution is 2.29. The molecule has 0 aliphatic rings. The first-order valence-corrected chi connectivity index (χ1v) is 16.0. The van der Waals surface area contributed by atoms with Gasteiger partial charge in [-0.3, -0.25) is 24.6 Å². The summed E-state index contributed by atoms with van der Waals surface area (Å²) in [6, 6.07) is 11.9. The van der Waals surface area contributed by atoms with E-state index in [2.05, 4.69) is 20.9 Å². The lowest BCUT2D eigenvalue weighted by Crippen LogP contribution is -2.53. The summed E-state index contributed by atoms with van der Waals surface area (Å²) in [7, 11) is 0. The monoisotopic (exact) mass is 668 g/mol. The van der Waals surface area contributed by atoms with Crippen LogP contribution in [0, 0.1) is 0 Å². The Bertz CT molecular complexity index is 1380. The van der Waals surface area contributed by atoms with Crippen LogP contribution in [0.5, 0.6) is 0 Å². The van der Waals surface area contributed by atoms with Crippen LogP contribution in [0.2, 0.25) is 0 Å². The van der Waals surface area contributed by atoms with Crippen LogP contribution in [-0.2, 0) is 32.8 Å². The van der Waals surface area contributed by atoms with Crippen molar-refractivity contribution in [2.75, 3.05) is 44.8 Å². The summed E-state index contributed by atoms with van der Waals surface area (Å²) in [5, 5.41) is 20.3. The number of halogens is 3.